The molecule has 44 valence electrons. The lowest BCUT2D eigenvalue weighted by Gasteiger charge is -1.79. The molecular formula is C5H7FN2. The van der Waals surface area contributed by atoms with E-state index in [1.807, 2.05) is 0 Å². The fourth-order valence-corrected chi connectivity index (χ4v) is 0.571. The van der Waals surface area contributed by atoms with Crippen LogP contribution in [-0.2, 0) is 7.05 Å². The van der Waals surface area contributed by atoms with Gasteiger partial charge < -0.3 is 0 Å². The van der Waals surface area contributed by atoms with E-state index in [4.69, 9.17) is 0 Å². The largest absolute Gasteiger partial charge is 0.273 e. The van der Waals surface area contributed by atoms with Crippen molar-refractivity contribution in [2.75, 3.05) is 0 Å². The number of rotatable bonds is 0. The molecule has 0 radical (unpaired) electrons. The van der Waals surface area contributed by atoms with Crippen molar-refractivity contribution < 1.29 is 4.39 Å². The molecule has 0 bridgehead atoms. The molecule has 1 aromatic heterocycles. The number of halogens is 1. The molecule has 3 heteroatoms. The predicted molar refractivity (Wildman–Crippen MR) is 27.9 cm³/mol. The lowest BCUT2D eigenvalue weighted by molar-refractivity contribution is 0.617. The van der Waals surface area contributed by atoms with Crippen LogP contribution >= 0.6 is 0 Å². The maximum absolute atomic E-state index is 12.3. The predicted octanol–water partition coefficient (Wildman–Crippen LogP) is 0.868. The highest BCUT2D eigenvalue weighted by Crippen LogP contribution is 1.98. The second kappa shape index (κ2) is 1.58. The smallest absolute Gasteiger partial charge is 0.163 e. The van der Waals surface area contributed by atoms with Crippen LogP contribution in [-0.4, -0.2) is 9.78 Å². The fourth-order valence-electron chi connectivity index (χ4n) is 0.571. The van der Waals surface area contributed by atoms with Crippen LogP contribution in [0, 0.1) is 12.7 Å². The third-order valence-corrected chi connectivity index (χ3v) is 0.954. The van der Waals surface area contributed by atoms with Crippen LogP contribution in [0.1, 0.15) is 5.69 Å². The molecule has 0 spiro atoms. The topological polar surface area (TPSA) is 17.8 Å². The summed E-state index contributed by atoms with van der Waals surface area (Å²) in [6.45, 7) is 1.63. The Balaban J connectivity index is 3.14. The molecule has 8 heavy (non-hydrogen) atoms. The number of hydrogen-bond acceptors (Lipinski definition) is 1. The first kappa shape index (κ1) is 5.28. The summed E-state index contributed by atoms with van der Waals surface area (Å²) in [6.07, 6.45) is 1.34. The van der Waals surface area contributed by atoms with Crippen LogP contribution in [0.3, 0.4) is 0 Å². The van der Waals surface area contributed by atoms with E-state index in [-0.39, 0.29) is 5.82 Å². The minimum absolute atomic E-state index is 0.243. The molecule has 1 aromatic rings. The fraction of sp³-hybridized carbons (Fsp3) is 0.400. The third kappa shape index (κ3) is 0.710. The summed E-state index contributed by atoms with van der Waals surface area (Å²) in [5.41, 5.74) is 0.451. The summed E-state index contributed by atoms with van der Waals surface area (Å²) in [5.74, 6) is -0.243. The van der Waals surface area contributed by atoms with Gasteiger partial charge in [0.05, 0.1) is 11.9 Å². The van der Waals surface area contributed by atoms with Gasteiger partial charge in [-0.05, 0) is 6.92 Å². The van der Waals surface area contributed by atoms with Crippen LogP contribution in [0.2, 0.25) is 0 Å². The molecule has 0 aliphatic carbocycles. The lowest BCUT2D eigenvalue weighted by atomic mass is 10.5. The molecule has 0 unspecified atom stereocenters. The molecule has 1 heterocycles. The monoisotopic (exact) mass is 114 g/mol. The van der Waals surface area contributed by atoms with Gasteiger partial charge in [-0.1, -0.05) is 0 Å². The first-order chi connectivity index (χ1) is 3.70. The number of nitrogens with zero attached hydrogens (tertiary/aromatic N) is 2. The summed E-state index contributed by atoms with van der Waals surface area (Å²) >= 11 is 0. The molecular weight excluding hydrogens is 107 g/mol. The number of aryl methyl sites for hydroxylation is 2. The summed E-state index contributed by atoms with van der Waals surface area (Å²) in [5, 5.41) is 3.75. The van der Waals surface area contributed by atoms with E-state index in [0.717, 1.165) is 0 Å². The van der Waals surface area contributed by atoms with Crippen molar-refractivity contribution in [3.63, 3.8) is 0 Å². The standard InChI is InChI=1S/C5H7FN2/c1-4-5(6)3-8(2)7-4/h3H,1-2H3. The minimum atomic E-state index is -0.243. The average molecular weight is 114 g/mol. The van der Waals surface area contributed by atoms with Gasteiger partial charge in [0, 0.05) is 7.05 Å². The van der Waals surface area contributed by atoms with Gasteiger partial charge in [0.15, 0.2) is 5.82 Å². The second-order valence-corrected chi connectivity index (χ2v) is 1.74. The Kier molecular flexibility index (Phi) is 1.04. The van der Waals surface area contributed by atoms with Gasteiger partial charge in [-0.25, -0.2) is 4.39 Å². The SMILES string of the molecule is Cc1nn(C)cc1F. The Morgan fingerprint density at radius 2 is 2.38 bits per heavy atom. The van der Waals surface area contributed by atoms with Crippen molar-refractivity contribution in [3.8, 4) is 0 Å². The molecule has 0 aliphatic rings. The molecule has 0 amide bonds. The Labute approximate surface area is 46.9 Å². The van der Waals surface area contributed by atoms with Gasteiger partial charge in [-0.3, -0.25) is 4.68 Å². The Bertz CT molecular complexity index is 173. The highest BCUT2D eigenvalue weighted by Gasteiger charge is 1.97. The molecule has 2 nitrogen and oxygen atoms in total. The van der Waals surface area contributed by atoms with Crippen molar-refractivity contribution in [2.24, 2.45) is 7.05 Å². The average Bonchev–Trinajstić information content (AvgIpc) is 1.85. The Morgan fingerprint density at radius 3 is 2.50 bits per heavy atom. The zero-order chi connectivity index (χ0) is 6.15. The van der Waals surface area contributed by atoms with Crippen molar-refractivity contribution in [1.82, 2.24) is 9.78 Å². The van der Waals surface area contributed by atoms with Crippen LogP contribution in [0.25, 0.3) is 0 Å². The molecule has 1 rings (SSSR count). The first-order valence-electron chi connectivity index (χ1n) is 2.36. The van der Waals surface area contributed by atoms with E-state index in [1.54, 1.807) is 14.0 Å². The van der Waals surface area contributed by atoms with E-state index < -0.39 is 0 Å². The van der Waals surface area contributed by atoms with Gasteiger partial charge in [0.1, 0.15) is 0 Å². The van der Waals surface area contributed by atoms with E-state index >= 15 is 0 Å². The summed E-state index contributed by atoms with van der Waals surface area (Å²) in [6, 6.07) is 0. The van der Waals surface area contributed by atoms with Gasteiger partial charge in [-0.15, -0.1) is 0 Å². The molecule has 0 atom stereocenters. The minimum Gasteiger partial charge on any atom is -0.273 e. The zero-order valence-corrected chi connectivity index (χ0v) is 4.85. The second-order valence-electron chi connectivity index (χ2n) is 1.74. The summed E-state index contributed by atoms with van der Waals surface area (Å²) < 4.78 is 13.7. The first-order valence-corrected chi connectivity index (χ1v) is 2.36. The quantitative estimate of drug-likeness (QED) is 0.489. The maximum atomic E-state index is 12.3. The molecule has 0 aromatic carbocycles. The van der Waals surface area contributed by atoms with Gasteiger partial charge in [-0.2, -0.15) is 5.10 Å². The van der Waals surface area contributed by atoms with Gasteiger partial charge in [0.25, 0.3) is 0 Å². The van der Waals surface area contributed by atoms with Crippen LogP contribution in [0.15, 0.2) is 6.20 Å². The van der Waals surface area contributed by atoms with E-state index in [9.17, 15) is 4.39 Å². The van der Waals surface area contributed by atoms with Crippen LogP contribution in [0.5, 0.6) is 0 Å². The Hall–Kier alpha value is -0.860. The van der Waals surface area contributed by atoms with Crippen molar-refractivity contribution in [2.45, 2.75) is 6.92 Å². The maximum Gasteiger partial charge on any atom is 0.163 e. The zero-order valence-electron chi connectivity index (χ0n) is 4.85. The number of hydrogen-bond donors (Lipinski definition) is 0. The van der Waals surface area contributed by atoms with E-state index in [1.165, 1.54) is 10.9 Å². The van der Waals surface area contributed by atoms with Gasteiger partial charge in [0.2, 0.25) is 0 Å². The van der Waals surface area contributed by atoms with Crippen LogP contribution in [0.4, 0.5) is 4.39 Å². The molecule has 0 aliphatic heterocycles. The van der Waals surface area contributed by atoms with Crippen molar-refractivity contribution >= 4 is 0 Å². The van der Waals surface area contributed by atoms with Crippen molar-refractivity contribution in [3.05, 3.63) is 17.7 Å². The lowest BCUT2D eigenvalue weighted by Crippen LogP contribution is -1.86. The summed E-state index contributed by atoms with van der Waals surface area (Å²) in [7, 11) is 1.69. The molecule has 0 saturated heterocycles. The number of aromatic nitrogens is 2. The third-order valence-electron chi connectivity index (χ3n) is 0.954. The molecule has 0 saturated carbocycles. The van der Waals surface area contributed by atoms with Gasteiger partial charge >= 0.3 is 0 Å². The highest BCUT2D eigenvalue weighted by molar-refractivity contribution is 4.98. The normalized spacial score (nSPS) is 9.88. The van der Waals surface area contributed by atoms with E-state index in [2.05, 4.69) is 5.10 Å². The Morgan fingerprint density at radius 1 is 1.75 bits per heavy atom. The molecule has 0 fully saturated rings. The van der Waals surface area contributed by atoms with Crippen molar-refractivity contribution in [1.29, 1.82) is 0 Å². The molecule has 0 N–H and O–H groups in total. The highest BCUT2D eigenvalue weighted by atomic mass is 19.1. The van der Waals surface area contributed by atoms with E-state index in [0.29, 0.717) is 5.69 Å². The van der Waals surface area contributed by atoms with Crippen LogP contribution < -0.4 is 0 Å². The summed E-state index contributed by atoms with van der Waals surface area (Å²) in [4.78, 5) is 0.